The second-order valence-electron chi connectivity index (χ2n) is 2.73. The van der Waals surface area contributed by atoms with E-state index in [4.69, 9.17) is 4.74 Å². The Bertz CT molecular complexity index is 166. The summed E-state index contributed by atoms with van der Waals surface area (Å²) in [6, 6.07) is 0. The highest BCUT2D eigenvalue weighted by atomic mass is 16.6. The molecule has 4 nitrogen and oxygen atoms in total. The van der Waals surface area contributed by atoms with Gasteiger partial charge in [0.05, 0.1) is 6.61 Å². The summed E-state index contributed by atoms with van der Waals surface area (Å²) < 4.78 is 4.71. The van der Waals surface area contributed by atoms with Crippen molar-refractivity contribution in [1.29, 1.82) is 0 Å². The largest absolute Gasteiger partial charge is 0.448 e. The number of carbonyl (C=O) groups is 1. The van der Waals surface area contributed by atoms with Gasteiger partial charge < -0.3 is 4.74 Å². The molecule has 1 amide bonds. The van der Waals surface area contributed by atoms with E-state index in [1.807, 2.05) is 13.8 Å². The molecule has 0 fully saturated rings. The van der Waals surface area contributed by atoms with Crippen LogP contribution in [0.1, 0.15) is 20.8 Å². The Morgan fingerprint density at radius 3 is 2.67 bits per heavy atom. The van der Waals surface area contributed by atoms with E-state index in [1.54, 1.807) is 20.2 Å². The second-order valence-corrected chi connectivity index (χ2v) is 2.73. The van der Waals surface area contributed by atoms with Gasteiger partial charge in [-0.3, -0.25) is 0 Å². The summed E-state index contributed by atoms with van der Waals surface area (Å²) in [5.41, 5.74) is 0. The van der Waals surface area contributed by atoms with E-state index in [2.05, 4.69) is 5.10 Å². The molecule has 0 aromatic rings. The number of hydrogen-bond donors (Lipinski definition) is 0. The molecule has 0 aliphatic rings. The van der Waals surface area contributed by atoms with Gasteiger partial charge in [-0.2, -0.15) is 5.10 Å². The van der Waals surface area contributed by atoms with Crippen molar-refractivity contribution in [3.05, 3.63) is 0 Å². The van der Waals surface area contributed by atoms with Gasteiger partial charge in [-0.1, -0.05) is 13.8 Å². The van der Waals surface area contributed by atoms with Crippen molar-refractivity contribution in [1.82, 2.24) is 5.01 Å². The summed E-state index contributed by atoms with van der Waals surface area (Å²) in [6.45, 7) is 6.11. The molecular formula is C8H16N2O2. The Labute approximate surface area is 73.2 Å². The summed E-state index contributed by atoms with van der Waals surface area (Å²) >= 11 is 0. The third-order valence-electron chi connectivity index (χ3n) is 1.07. The topological polar surface area (TPSA) is 41.9 Å². The SMILES string of the molecule is CCOC(=O)N(C)/N=C/C(C)C. The fraction of sp³-hybridized carbons (Fsp3) is 0.750. The molecule has 0 atom stereocenters. The zero-order valence-electron chi connectivity index (χ0n) is 8.07. The normalized spacial score (nSPS) is 10.8. The molecule has 0 aromatic carbocycles. The number of amides is 1. The van der Waals surface area contributed by atoms with Gasteiger partial charge in [0.15, 0.2) is 0 Å². The van der Waals surface area contributed by atoms with Crippen LogP contribution in [0, 0.1) is 5.92 Å². The first-order valence-electron chi connectivity index (χ1n) is 4.02. The maximum absolute atomic E-state index is 10.9. The van der Waals surface area contributed by atoms with Crippen molar-refractivity contribution < 1.29 is 9.53 Å². The summed E-state index contributed by atoms with van der Waals surface area (Å²) in [5, 5.41) is 5.06. The Morgan fingerprint density at radius 1 is 1.67 bits per heavy atom. The van der Waals surface area contributed by atoms with Gasteiger partial charge in [-0.25, -0.2) is 9.80 Å². The number of hydrazone groups is 1. The maximum Gasteiger partial charge on any atom is 0.430 e. The highest BCUT2D eigenvalue weighted by Gasteiger charge is 2.05. The lowest BCUT2D eigenvalue weighted by Crippen LogP contribution is -2.22. The molecule has 0 spiro atoms. The molecular weight excluding hydrogens is 156 g/mol. The van der Waals surface area contributed by atoms with Gasteiger partial charge in [0, 0.05) is 13.3 Å². The minimum Gasteiger partial charge on any atom is -0.448 e. The Hall–Kier alpha value is -1.06. The van der Waals surface area contributed by atoms with Crippen molar-refractivity contribution in [2.75, 3.05) is 13.7 Å². The number of hydrogen-bond acceptors (Lipinski definition) is 3. The van der Waals surface area contributed by atoms with Crippen molar-refractivity contribution in [2.45, 2.75) is 20.8 Å². The Balaban J connectivity index is 3.86. The molecule has 70 valence electrons. The molecule has 12 heavy (non-hydrogen) atoms. The molecule has 0 rings (SSSR count). The van der Waals surface area contributed by atoms with E-state index in [1.165, 1.54) is 5.01 Å². The number of carbonyl (C=O) groups excluding carboxylic acids is 1. The summed E-state index contributed by atoms with van der Waals surface area (Å²) in [5.74, 6) is 0.335. The van der Waals surface area contributed by atoms with Gasteiger partial charge in [0.25, 0.3) is 0 Å². The van der Waals surface area contributed by atoms with Crippen LogP contribution >= 0.6 is 0 Å². The third kappa shape index (κ3) is 4.71. The van der Waals surface area contributed by atoms with Crippen LogP contribution in [0.3, 0.4) is 0 Å². The fourth-order valence-corrected chi connectivity index (χ4v) is 0.497. The first-order valence-corrected chi connectivity index (χ1v) is 4.02. The first kappa shape index (κ1) is 10.9. The summed E-state index contributed by atoms with van der Waals surface area (Å²) in [7, 11) is 1.57. The number of rotatable bonds is 3. The lowest BCUT2D eigenvalue weighted by molar-refractivity contribution is 0.117. The van der Waals surface area contributed by atoms with Crippen LogP contribution in [0.5, 0.6) is 0 Å². The van der Waals surface area contributed by atoms with Crippen LogP contribution in [0.4, 0.5) is 4.79 Å². The molecule has 0 aromatic heterocycles. The van der Waals surface area contributed by atoms with E-state index in [0.717, 1.165) is 0 Å². The van der Waals surface area contributed by atoms with Gasteiger partial charge in [-0.05, 0) is 12.8 Å². The standard InChI is InChI=1S/C8H16N2O2/c1-5-12-8(11)10(4)9-6-7(2)3/h6-7H,5H2,1-4H3/b9-6+. The Kier molecular flexibility index (Phi) is 5.08. The van der Waals surface area contributed by atoms with Gasteiger partial charge >= 0.3 is 6.09 Å². The molecule has 0 radical (unpaired) electrons. The molecule has 0 bridgehead atoms. The van der Waals surface area contributed by atoms with Crippen LogP contribution in [-0.4, -0.2) is 31.0 Å². The van der Waals surface area contributed by atoms with E-state index < -0.39 is 6.09 Å². The molecule has 0 N–H and O–H groups in total. The molecule has 0 saturated carbocycles. The number of nitrogens with zero attached hydrogens (tertiary/aromatic N) is 2. The molecule has 0 unspecified atom stereocenters. The van der Waals surface area contributed by atoms with Gasteiger partial charge in [0.1, 0.15) is 0 Å². The van der Waals surface area contributed by atoms with Crippen LogP contribution in [0.2, 0.25) is 0 Å². The first-order chi connectivity index (χ1) is 5.57. The third-order valence-corrected chi connectivity index (χ3v) is 1.07. The van der Waals surface area contributed by atoms with Crippen molar-refractivity contribution >= 4 is 12.3 Å². The molecule has 0 aliphatic carbocycles. The average Bonchev–Trinajstić information content (AvgIpc) is 2.00. The molecule has 0 heterocycles. The zero-order valence-corrected chi connectivity index (χ0v) is 8.07. The molecule has 0 aliphatic heterocycles. The van der Waals surface area contributed by atoms with Crippen molar-refractivity contribution in [2.24, 2.45) is 11.0 Å². The molecule has 0 saturated heterocycles. The predicted octanol–water partition coefficient (Wildman–Crippen LogP) is 1.72. The highest BCUT2D eigenvalue weighted by molar-refractivity contribution is 5.69. The summed E-state index contributed by atoms with van der Waals surface area (Å²) in [6.07, 6.45) is 1.27. The van der Waals surface area contributed by atoms with Crippen LogP contribution < -0.4 is 0 Å². The molecule has 4 heteroatoms. The predicted molar refractivity (Wildman–Crippen MR) is 48.1 cm³/mol. The maximum atomic E-state index is 10.9. The van der Waals surface area contributed by atoms with Crippen LogP contribution in [0.15, 0.2) is 5.10 Å². The minimum absolute atomic E-state index is 0.335. The van der Waals surface area contributed by atoms with Gasteiger partial charge in [-0.15, -0.1) is 0 Å². The zero-order chi connectivity index (χ0) is 9.56. The average molecular weight is 172 g/mol. The second kappa shape index (κ2) is 5.57. The Morgan fingerprint density at radius 2 is 2.25 bits per heavy atom. The quantitative estimate of drug-likeness (QED) is 0.480. The minimum atomic E-state index is -0.422. The smallest absolute Gasteiger partial charge is 0.430 e. The monoisotopic (exact) mass is 172 g/mol. The van der Waals surface area contributed by atoms with E-state index in [-0.39, 0.29) is 0 Å². The van der Waals surface area contributed by atoms with E-state index >= 15 is 0 Å². The van der Waals surface area contributed by atoms with Crippen LogP contribution in [-0.2, 0) is 4.74 Å². The number of ether oxygens (including phenoxy) is 1. The lowest BCUT2D eigenvalue weighted by Gasteiger charge is -2.09. The van der Waals surface area contributed by atoms with Crippen molar-refractivity contribution in [3.63, 3.8) is 0 Å². The highest BCUT2D eigenvalue weighted by Crippen LogP contribution is 1.92. The van der Waals surface area contributed by atoms with Crippen molar-refractivity contribution in [3.8, 4) is 0 Å². The van der Waals surface area contributed by atoms with Crippen LogP contribution in [0.25, 0.3) is 0 Å². The van der Waals surface area contributed by atoms with E-state index in [0.29, 0.717) is 12.5 Å². The van der Waals surface area contributed by atoms with Gasteiger partial charge in [0.2, 0.25) is 0 Å². The van der Waals surface area contributed by atoms with E-state index in [9.17, 15) is 4.79 Å². The fourth-order valence-electron chi connectivity index (χ4n) is 0.497. The lowest BCUT2D eigenvalue weighted by atomic mass is 10.3. The summed E-state index contributed by atoms with van der Waals surface area (Å²) in [4.78, 5) is 10.9.